The Morgan fingerprint density at radius 1 is 1.17 bits per heavy atom. The number of ether oxygens (including phenoxy) is 1. The van der Waals surface area contributed by atoms with Crippen LogP contribution in [0.25, 0.3) is 11.3 Å². The van der Waals surface area contributed by atoms with Crippen LogP contribution in [0.3, 0.4) is 0 Å². The quantitative estimate of drug-likeness (QED) is 0.587. The van der Waals surface area contributed by atoms with E-state index in [0.717, 1.165) is 24.1 Å². The van der Waals surface area contributed by atoms with Gasteiger partial charge in [0.25, 0.3) is 0 Å². The van der Waals surface area contributed by atoms with Gasteiger partial charge in [0.1, 0.15) is 5.75 Å². The molecule has 2 aromatic heterocycles. The molecule has 0 bridgehead atoms. The highest BCUT2D eigenvalue weighted by Gasteiger charge is 2.23. The molecule has 2 heterocycles. The molecule has 1 aliphatic rings. The summed E-state index contributed by atoms with van der Waals surface area (Å²) in [5.74, 6) is 0.424. The van der Waals surface area contributed by atoms with E-state index >= 15 is 0 Å². The molecular weight excluding hydrogens is 424 g/mol. The Hall–Kier alpha value is -2.42. The lowest BCUT2D eigenvalue weighted by molar-refractivity contribution is 0.414. The van der Waals surface area contributed by atoms with Crippen molar-refractivity contribution in [2.24, 2.45) is 0 Å². The number of nitrogens with one attached hydrogen (secondary N) is 1. The first-order chi connectivity index (χ1) is 14.5. The summed E-state index contributed by atoms with van der Waals surface area (Å²) in [6.45, 7) is 0.0871. The first kappa shape index (κ1) is 20.8. The molecule has 1 aliphatic carbocycles. The molecular formula is C21H23ClN4O3S. The van der Waals surface area contributed by atoms with E-state index in [1.165, 1.54) is 38.2 Å². The van der Waals surface area contributed by atoms with Gasteiger partial charge in [0.15, 0.2) is 0 Å². The molecule has 3 aromatic rings. The zero-order valence-corrected chi connectivity index (χ0v) is 18.2. The maximum atomic E-state index is 12.7. The monoisotopic (exact) mass is 446 g/mol. The summed E-state index contributed by atoms with van der Waals surface area (Å²) in [6, 6.07) is 10.5. The van der Waals surface area contributed by atoms with Crippen molar-refractivity contribution in [3.8, 4) is 17.0 Å². The van der Waals surface area contributed by atoms with E-state index < -0.39 is 10.0 Å². The van der Waals surface area contributed by atoms with Crippen molar-refractivity contribution < 1.29 is 13.2 Å². The molecule has 158 valence electrons. The smallest absolute Gasteiger partial charge is 0.240 e. The molecule has 1 saturated carbocycles. The number of aromatic nitrogens is 3. The Labute approximate surface area is 181 Å². The number of hydrogen-bond donors (Lipinski definition) is 1. The third-order valence-corrected chi connectivity index (χ3v) is 7.00. The summed E-state index contributed by atoms with van der Waals surface area (Å²) in [4.78, 5) is 4.17. The number of sulfonamides is 1. The van der Waals surface area contributed by atoms with Gasteiger partial charge in [-0.1, -0.05) is 24.4 Å². The first-order valence-corrected chi connectivity index (χ1v) is 11.7. The van der Waals surface area contributed by atoms with Crippen molar-refractivity contribution in [1.29, 1.82) is 0 Å². The van der Waals surface area contributed by atoms with Gasteiger partial charge >= 0.3 is 0 Å². The summed E-state index contributed by atoms with van der Waals surface area (Å²) in [7, 11) is -2.26. The van der Waals surface area contributed by atoms with Crippen molar-refractivity contribution in [1.82, 2.24) is 19.5 Å². The highest BCUT2D eigenvalue weighted by molar-refractivity contribution is 7.89. The van der Waals surface area contributed by atoms with E-state index in [9.17, 15) is 8.42 Å². The van der Waals surface area contributed by atoms with Crippen LogP contribution in [0.4, 0.5) is 0 Å². The topological polar surface area (TPSA) is 86.1 Å². The average molecular weight is 447 g/mol. The van der Waals surface area contributed by atoms with E-state index in [2.05, 4.69) is 9.71 Å². The molecule has 1 aromatic carbocycles. The highest BCUT2D eigenvalue weighted by Crippen LogP contribution is 2.33. The molecule has 4 rings (SSSR count). The maximum absolute atomic E-state index is 12.7. The Morgan fingerprint density at radius 2 is 1.90 bits per heavy atom. The number of methoxy groups -OCH3 is 1. The number of benzene rings is 1. The van der Waals surface area contributed by atoms with E-state index in [4.69, 9.17) is 21.4 Å². The fourth-order valence-corrected chi connectivity index (χ4v) is 5.11. The number of nitrogens with zero attached hydrogens (tertiary/aromatic N) is 3. The van der Waals surface area contributed by atoms with Crippen molar-refractivity contribution >= 4 is 21.6 Å². The summed E-state index contributed by atoms with van der Waals surface area (Å²) in [5.41, 5.74) is 2.66. The lowest BCUT2D eigenvalue weighted by atomic mass is 10.1. The van der Waals surface area contributed by atoms with Crippen LogP contribution in [0.2, 0.25) is 5.02 Å². The number of pyridine rings is 1. The van der Waals surface area contributed by atoms with Gasteiger partial charge in [-0.25, -0.2) is 13.1 Å². The van der Waals surface area contributed by atoms with Crippen molar-refractivity contribution in [2.45, 2.75) is 43.2 Å². The van der Waals surface area contributed by atoms with Gasteiger partial charge in [-0.05, 0) is 49.2 Å². The molecule has 0 aliphatic heterocycles. The minimum Gasteiger partial charge on any atom is -0.495 e. The van der Waals surface area contributed by atoms with Crippen molar-refractivity contribution in [2.75, 3.05) is 7.11 Å². The molecule has 1 fully saturated rings. The largest absolute Gasteiger partial charge is 0.495 e. The zero-order chi connectivity index (χ0) is 21.1. The zero-order valence-electron chi connectivity index (χ0n) is 16.6. The van der Waals surface area contributed by atoms with Crippen molar-refractivity contribution in [3.63, 3.8) is 0 Å². The van der Waals surface area contributed by atoms with Crippen LogP contribution in [0, 0.1) is 0 Å². The van der Waals surface area contributed by atoms with Crippen LogP contribution >= 0.6 is 11.6 Å². The summed E-state index contributed by atoms with van der Waals surface area (Å²) >= 11 is 6.08. The molecule has 7 nitrogen and oxygen atoms in total. The predicted molar refractivity (Wildman–Crippen MR) is 115 cm³/mol. The summed E-state index contributed by atoms with van der Waals surface area (Å²) in [5, 5.41) is 4.98. The van der Waals surface area contributed by atoms with Crippen molar-refractivity contribution in [3.05, 3.63) is 59.5 Å². The first-order valence-electron chi connectivity index (χ1n) is 9.80. The fourth-order valence-electron chi connectivity index (χ4n) is 3.76. The highest BCUT2D eigenvalue weighted by atomic mass is 35.5. The average Bonchev–Trinajstić information content (AvgIpc) is 3.43. The second-order valence-corrected chi connectivity index (χ2v) is 9.43. The van der Waals surface area contributed by atoms with Gasteiger partial charge in [0.05, 0.1) is 41.0 Å². The second-order valence-electron chi connectivity index (χ2n) is 7.26. The molecule has 0 atom stereocenters. The molecule has 0 unspecified atom stereocenters. The van der Waals surface area contributed by atoms with Gasteiger partial charge < -0.3 is 4.74 Å². The predicted octanol–water partition coefficient (Wildman–Crippen LogP) is 4.20. The van der Waals surface area contributed by atoms with Gasteiger partial charge in [-0.3, -0.25) is 9.67 Å². The van der Waals surface area contributed by atoms with E-state index in [0.29, 0.717) is 17.5 Å². The van der Waals surface area contributed by atoms with E-state index in [-0.39, 0.29) is 16.5 Å². The molecule has 0 amide bonds. The molecule has 1 N–H and O–H groups in total. The van der Waals surface area contributed by atoms with Gasteiger partial charge in [-0.2, -0.15) is 5.10 Å². The Kier molecular flexibility index (Phi) is 6.08. The third kappa shape index (κ3) is 4.35. The number of hydrogen-bond acceptors (Lipinski definition) is 5. The lowest BCUT2D eigenvalue weighted by Crippen LogP contribution is -2.23. The number of halogens is 1. The molecule has 0 radical (unpaired) electrons. The van der Waals surface area contributed by atoms with Crippen LogP contribution in [0.1, 0.15) is 37.4 Å². The van der Waals surface area contributed by atoms with E-state index in [1.54, 1.807) is 12.4 Å². The third-order valence-electron chi connectivity index (χ3n) is 5.31. The molecule has 30 heavy (non-hydrogen) atoms. The van der Waals surface area contributed by atoms with E-state index in [1.807, 2.05) is 22.9 Å². The SMILES string of the molecule is COc1ccc(S(=O)(=O)NCc2cc(-c3ccncc3)n(C3CCCC3)n2)cc1Cl. The van der Waals surface area contributed by atoms with Gasteiger partial charge in [0, 0.05) is 18.0 Å². The minimum atomic E-state index is -3.74. The second kappa shape index (κ2) is 8.75. The van der Waals surface area contributed by atoms with Crippen LogP contribution in [0.15, 0.2) is 53.7 Å². The van der Waals surface area contributed by atoms with Gasteiger partial charge in [-0.15, -0.1) is 0 Å². The molecule has 0 saturated heterocycles. The Morgan fingerprint density at radius 3 is 2.57 bits per heavy atom. The van der Waals surface area contributed by atoms with Gasteiger partial charge in [0.2, 0.25) is 10.0 Å². The Bertz CT molecular complexity index is 1130. The molecule has 0 spiro atoms. The van der Waals surface area contributed by atoms with Crippen LogP contribution < -0.4 is 9.46 Å². The Balaban J connectivity index is 1.58. The normalized spacial score (nSPS) is 14.9. The van der Waals surface area contributed by atoms with Crippen LogP contribution in [-0.2, 0) is 16.6 Å². The number of rotatable bonds is 7. The summed E-state index contributed by atoms with van der Waals surface area (Å²) in [6.07, 6.45) is 8.01. The minimum absolute atomic E-state index is 0.0814. The lowest BCUT2D eigenvalue weighted by Gasteiger charge is -2.14. The molecule has 9 heteroatoms. The van der Waals surface area contributed by atoms with Crippen LogP contribution in [0.5, 0.6) is 5.75 Å². The maximum Gasteiger partial charge on any atom is 0.240 e. The fraction of sp³-hybridized carbons (Fsp3) is 0.333. The summed E-state index contributed by atoms with van der Waals surface area (Å²) < 4.78 is 35.2. The standard InChI is InChI=1S/C21H23ClN4O3S/c1-29-21-7-6-18(13-19(21)22)30(27,28)24-14-16-12-20(15-8-10-23-11-9-15)26(25-16)17-4-2-3-5-17/h6-13,17,24H,2-5,14H2,1H3. The van der Waals surface area contributed by atoms with Crippen LogP contribution in [-0.4, -0.2) is 30.3 Å².